The topological polar surface area (TPSA) is 61.0 Å². The van der Waals surface area contributed by atoms with Crippen molar-refractivity contribution in [3.05, 3.63) is 6.33 Å². The zero-order valence-electron chi connectivity index (χ0n) is 7.35. The van der Waals surface area contributed by atoms with Crippen LogP contribution in [0.2, 0.25) is 0 Å². The van der Waals surface area contributed by atoms with Crippen LogP contribution in [0.15, 0.2) is 6.33 Å². The van der Waals surface area contributed by atoms with Gasteiger partial charge in [-0.25, -0.2) is 0 Å². The van der Waals surface area contributed by atoms with E-state index in [9.17, 15) is 0 Å². The molecular weight excluding hydrogens is 186 g/mol. The first-order valence-corrected chi connectivity index (χ1v) is 5.31. The van der Waals surface area contributed by atoms with E-state index in [1.807, 2.05) is 0 Å². The van der Waals surface area contributed by atoms with Crippen LogP contribution >= 0.6 is 11.5 Å². The smallest absolute Gasteiger partial charge is 0.293 e. The molecule has 0 saturated heterocycles. The van der Waals surface area contributed by atoms with Crippen LogP contribution in [0, 0.1) is 5.92 Å². The molecule has 1 heterocycles. The highest BCUT2D eigenvalue weighted by Crippen LogP contribution is 2.29. The highest BCUT2D eigenvalue weighted by Gasteiger charge is 2.28. The molecule has 0 aromatic carbocycles. The predicted molar refractivity (Wildman–Crippen MR) is 50.7 cm³/mol. The van der Waals surface area contributed by atoms with Gasteiger partial charge in [-0.3, -0.25) is 0 Å². The van der Waals surface area contributed by atoms with Crippen molar-refractivity contribution in [3.8, 4) is 5.19 Å². The lowest BCUT2D eigenvalue weighted by Gasteiger charge is -2.17. The molecule has 1 aromatic rings. The van der Waals surface area contributed by atoms with E-state index in [1.165, 1.54) is 30.7 Å². The van der Waals surface area contributed by atoms with E-state index in [0.717, 1.165) is 6.42 Å². The van der Waals surface area contributed by atoms with E-state index < -0.39 is 0 Å². The van der Waals surface area contributed by atoms with E-state index >= 15 is 0 Å². The van der Waals surface area contributed by atoms with Crippen molar-refractivity contribution in [1.82, 2.24) is 9.36 Å². The molecule has 2 atom stereocenters. The van der Waals surface area contributed by atoms with Crippen LogP contribution in [0.1, 0.15) is 19.3 Å². The normalized spacial score (nSPS) is 27.8. The second-order valence-electron chi connectivity index (χ2n) is 3.29. The average molecular weight is 199 g/mol. The van der Waals surface area contributed by atoms with Gasteiger partial charge >= 0.3 is 0 Å². The van der Waals surface area contributed by atoms with E-state index in [1.54, 1.807) is 0 Å². The molecule has 0 bridgehead atoms. The summed E-state index contributed by atoms with van der Waals surface area (Å²) in [6.45, 7) is 0.712. The molecule has 1 aliphatic rings. The zero-order valence-corrected chi connectivity index (χ0v) is 8.17. The molecule has 4 nitrogen and oxygen atoms in total. The summed E-state index contributed by atoms with van der Waals surface area (Å²) in [5.74, 6) is 0.504. The van der Waals surface area contributed by atoms with Crippen molar-refractivity contribution in [3.63, 3.8) is 0 Å². The first-order valence-electron chi connectivity index (χ1n) is 4.53. The lowest BCUT2D eigenvalue weighted by molar-refractivity contribution is 0.162. The third-order valence-corrected chi connectivity index (χ3v) is 3.04. The fourth-order valence-electron chi connectivity index (χ4n) is 1.77. The largest absolute Gasteiger partial charge is 0.465 e. The molecule has 1 fully saturated rings. The minimum Gasteiger partial charge on any atom is -0.465 e. The number of hydrogen-bond donors (Lipinski definition) is 1. The Hall–Kier alpha value is -0.680. The summed E-state index contributed by atoms with van der Waals surface area (Å²) in [6.07, 6.45) is 5.28. The fraction of sp³-hybridized carbons (Fsp3) is 0.750. The van der Waals surface area contributed by atoms with Crippen molar-refractivity contribution in [2.45, 2.75) is 25.4 Å². The van der Waals surface area contributed by atoms with Crippen LogP contribution in [0.4, 0.5) is 0 Å². The second kappa shape index (κ2) is 4.02. The Morgan fingerprint density at radius 1 is 1.62 bits per heavy atom. The molecule has 13 heavy (non-hydrogen) atoms. The van der Waals surface area contributed by atoms with Gasteiger partial charge in [0.2, 0.25) is 0 Å². The van der Waals surface area contributed by atoms with Gasteiger partial charge in [0.05, 0.1) is 0 Å². The summed E-state index contributed by atoms with van der Waals surface area (Å²) in [6, 6.07) is 0. The van der Waals surface area contributed by atoms with Crippen molar-refractivity contribution in [2.24, 2.45) is 11.7 Å². The minimum atomic E-state index is 0.262. The Balaban J connectivity index is 1.94. The molecule has 1 aliphatic carbocycles. The van der Waals surface area contributed by atoms with Crippen LogP contribution in [-0.4, -0.2) is 22.0 Å². The summed E-state index contributed by atoms with van der Waals surface area (Å²) in [4.78, 5) is 3.99. The van der Waals surface area contributed by atoms with Crippen LogP contribution in [-0.2, 0) is 0 Å². The van der Waals surface area contributed by atoms with E-state index in [-0.39, 0.29) is 6.10 Å². The Morgan fingerprint density at radius 3 is 3.23 bits per heavy atom. The third kappa shape index (κ3) is 1.97. The molecule has 0 aliphatic heterocycles. The molecule has 2 rings (SSSR count). The lowest BCUT2D eigenvalue weighted by Crippen LogP contribution is -2.27. The van der Waals surface area contributed by atoms with Gasteiger partial charge in [0, 0.05) is 17.5 Å². The van der Waals surface area contributed by atoms with Gasteiger partial charge in [0.15, 0.2) is 0 Å². The van der Waals surface area contributed by atoms with Gasteiger partial charge in [-0.15, -0.1) is 0 Å². The zero-order chi connectivity index (χ0) is 9.10. The maximum Gasteiger partial charge on any atom is 0.293 e. The first kappa shape index (κ1) is 8.90. The lowest BCUT2D eigenvalue weighted by atomic mass is 10.1. The van der Waals surface area contributed by atoms with Gasteiger partial charge < -0.3 is 10.5 Å². The van der Waals surface area contributed by atoms with Crippen LogP contribution in [0.5, 0.6) is 5.19 Å². The van der Waals surface area contributed by atoms with Gasteiger partial charge in [-0.2, -0.15) is 9.36 Å². The van der Waals surface area contributed by atoms with Gasteiger partial charge in [0.1, 0.15) is 12.4 Å². The van der Waals surface area contributed by atoms with E-state index in [0.29, 0.717) is 17.7 Å². The molecule has 0 amide bonds. The number of ether oxygens (including phenoxy) is 1. The summed E-state index contributed by atoms with van der Waals surface area (Å²) >= 11 is 1.30. The molecule has 1 aromatic heterocycles. The monoisotopic (exact) mass is 199 g/mol. The number of rotatable bonds is 3. The highest BCUT2D eigenvalue weighted by atomic mass is 32.1. The Morgan fingerprint density at radius 2 is 2.54 bits per heavy atom. The maximum absolute atomic E-state index is 5.68. The molecule has 2 unspecified atom stereocenters. The van der Waals surface area contributed by atoms with Gasteiger partial charge in [-0.1, -0.05) is 0 Å². The molecule has 0 radical (unpaired) electrons. The second-order valence-corrected chi connectivity index (χ2v) is 4.03. The molecule has 0 spiro atoms. The van der Waals surface area contributed by atoms with Crippen LogP contribution in [0.25, 0.3) is 0 Å². The summed E-state index contributed by atoms with van der Waals surface area (Å²) < 4.78 is 9.57. The van der Waals surface area contributed by atoms with Crippen LogP contribution in [0.3, 0.4) is 0 Å². The summed E-state index contributed by atoms with van der Waals surface area (Å²) in [5.41, 5.74) is 5.64. The van der Waals surface area contributed by atoms with Gasteiger partial charge in [0.25, 0.3) is 5.19 Å². The fourth-order valence-corrected chi connectivity index (χ4v) is 2.22. The van der Waals surface area contributed by atoms with Gasteiger partial charge in [-0.05, 0) is 25.8 Å². The first-order chi connectivity index (χ1) is 6.40. The van der Waals surface area contributed by atoms with Crippen molar-refractivity contribution >= 4 is 11.5 Å². The quantitative estimate of drug-likeness (QED) is 0.790. The molecule has 5 heteroatoms. The SMILES string of the molecule is NCC1CCCC1Oc1ncns1. The maximum atomic E-state index is 5.68. The number of nitrogens with two attached hydrogens (primary N) is 1. The number of aromatic nitrogens is 2. The highest BCUT2D eigenvalue weighted by molar-refractivity contribution is 7.07. The molecule has 1 saturated carbocycles. The number of hydrogen-bond acceptors (Lipinski definition) is 5. The van der Waals surface area contributed by atoms with Crippen LogP contribution < -0.4 is 10.5 Å². The summed E-state index contributed by atoms with van der Waals surface area (Å²) in [7, 11) is 0. The van der Waals surface area contributed by atoms with Crippen molar-refractivity contribution < 1.29 is 4.74 Å². The molecule has 72 valence electrons. The third-order valence-electron chi connectivity index (χ3n) is 2.49. The predicted octanol–water partition coefficient (Wildman–Crippen LogP) is 1.04. The van der Waals surface area contributed by atoms with E-state index in [2.05, 4.69) is 9.36 Å². The average Bonchev–Trinajstić information content (AvgIpc) is 2.76. The Labute approximate surface area is 81.3 Å². The number of nitrogens with zero attached hydrogens (tertiary/aromatic N) is 2. The van der Waals surface area contributed by atoms with E-state index in [4.69, 9.17) is 10.5 Å². The molecule has 2 N–H and O–H groups in total. The summed E-state index contributed by atoms with van der Waals surface area (Å²) in [5, 5.41) is 0.672. The Kier molecular flexibility index (Phi) is 2.75. The molecular formula is C8H13N3OS. The Bertz CT molecular complexity index is 252. The van der Waals surface area contributed by atoms with Crippen molar-refractivity contribution in [2.75, 3.05) is 6.54 Å². The standard InChI is InChI=1S/C8H13N3OS/c9-4-6-2-1-3-7(6)12-8-10-5-11-13-8/h5-7H,1-4,9H2. The van der Waals surface area contributed by atoms with Crippen molar-refractivity contribution in [1.29, 1.82) is 0 Å². The minimum absolute atomic E-state index is 0.262.